The van der Waals surface area contributed by atoms with Gasteiger partial charge in [-0.15, -0.1) is 0 Å². The molecule has 9 nitrogen and oxygen atoms in total. The Bertz CT molecular complexity index is 898. The molecule has 2 rings (SSSR count). The largest absolute Gasteiger partial charge is 0.504 e. The molecule has 0 spiro atoms. The number of nitrogens with two attached hydrogens (primary N) is 2. The number of ether oxygens (including phenoxy) is 3. The fourth-order valence-electron chi connectivity index (χ4n) is 3.37. The smallest absolute Gasteiger partial charge is 0.341 e. The number of nitrogen functional groups attached to an aromatic ring is 2. The van der Waals surface area contributed by atoms with Gasteiger partial charge in [0.2, 0.25) is 0 Å². The molecule has 0 unspecified atom stereocenters. The number of rotatable bonds is 10. The number of esters is 1. The number of hydrogen-bond acceptors (Lipinski definition) is 9. The van der Waals surface area contributed by atoms with Gasteiger partial charge in [-0.3, -0.25) is 0 Å². The van der Waals surface area contributed by atoms with Crippen molar-refractivity contribution in [1.29, 1.82) is 0 Å². The minimum absolute atomic E-state index is 0.0264. The Labute approximate surface area is 195 Å². The highest BCUT2D eigenvalue weighted by Crippen LogP contribution is 2.36. The second-order valence-electron chi connectivity index (χ2n) is 7.36. The lowest BCUT2D eigenvalue weighted by atomic mass is 10.1. The fraction of sp³-hybridized carbons (Fsp3) is 0.458. The highest BCUT2D eigenvalue weighted by atomic mass is 16.5. The molecule has 0 aliphatic rings. The van der Waals surface area contributed by atoms with Crippen LogP contribution in [0.4, 0.5) is 11.4 Å². The first-order valence-electron chi connectivity index (χ1n) is 10.9. The van der Waals surface area contributed by atoms with Crippen molar-refractivity contribution in [3.8, 4) is 23.0 Å². The van der Waals surface area contributed by atoms with Gasteiger partial charge in [-0.2, -0.15) is 0 Å². The van der Waals surface area contributed by atoms with Crippen molar-refractivity contribution < 1.29 is 29.2 Å². The van der Waals surface area contributed by atoms with E-state index in [2.05, 4.69) is 23.5 Å². The van der Waals surface area contributed by atoms with E-state index in [0.29, 0.717) is 11.4 Å². The Morgan fingerprint density at radius 3 is 1.85 bits per heavy atom. The molecule has 0 saturated heterocycles. The summed E-state index contributed by atoms with van der Waals surface area (Å²) in [6, 6.07) is 6.50. The lowest BCUT2D eigenvalue weighted by Gasteiger charge is -2.21. The molecule has 0 amide bonds. The van der Waals surface area contributed by atoms with Crippen LogP contribution < -0.4 is 20.9 Å². The van der Waals surface area contributed by atoms with E-state index >= 15 is 0 Å². The van der Waals surface area contributed by atoms with Crippen LogP contribution in [0.25, 0.3) is 0 Å². The molecular formula is C24H37N3O6. The predicted octanol–water partition coefficient (Wildman–Crippen LogP) is 3.42. The van der Waals surface area contributed by atoms with Gasteiger partial charge in [0.25, 0.3) is 0 Å². The number of hydrogen-bond donors (Lipinski definition) is 4. The molecule has 2 aromatic carbocycles. The summed E-state index contributed by atoms with van der Waals surface area (Å²) in [4.78, 5) is 13.6. The lowest BCUT2D eigenvalue weighted by Crippen LogP contribution is -2.27. The van der Waals surface area contributed by atoms with E-state index in [-0.39, 0.29) is 28.5 Å². The van der Waals surface area contributed by atoms with Crippen LogP contribution in [0.2, 0.25) is 0 Å². The van der Waals surface area contributed by atoms with E-state index in [1.165, 1.54) is 33.5 Å². The molecule has 9 heteroatoms. The van der Waals surface area contributed by atoms with Gasteiger partial charge >= 0.3 is 5.97 Å². The zero-order valence-corrected chi connectivity index (χ0v) is 20.2. The molecule has 0 heterocycles. The van der Waals surface area contributed by atoms with Crippen LogP contribution in [0.15, 0.2) is 24.3 Å². The van der Waals surface area contributed by atoms with Crippen molar-refractivity contribution in [3.63, 3.8) is 0 Å². The standard InChI is InChI=1S/C15H26N2O2.C9H11NO4/c1-4-9-17(10-5-2)11-8-12-6-7-13(16)15(19-3)14(12)18;1-13-8-6(10)4-3-5(7(8)11)9(12)14-2/h6-7,18H,4-5,8-11,16H2,1-3H3;3-4,11H,10H2,1-2H3. The number of carbonyl (C=O) groups excluding carboxylic acids is 1. The SMILES string of the molecule is CCCN(CCC)CCc1ccc(N)c(OC)c1O.COC(=O)c1ccc(N)c(OC)c1O. The second kappa shape index (κ2) is 13.9. The minimum atomic E-state index is -0.638. The Hall–Kier alpha value is -3.33. The third kappa shape index (κ3) is 7.64. The number of nitrogens with zero attached hydrogens (tertiary/aromatic N) is 1. The zero-order valence-electron chi connectivity index (χ0n) is 20.2. The van der Waals surface area contributed by atoms with Crippen molar-refractivity contribution in [2.75, 3.05) is 52.4 Å². The summed E-state index contributed by atoms with van der Waals surface area (Å²) in [6.07, 6.45) is 3.11. The van der Waals surface area contributed by atoms with E-state index < -0.39 is 5.97 Å². The van der Waals surface area contributed by atoms with Crippen LogP contribution in [-0.2, 0) is 11.2 Å². The molecular weight excluding hydrogens is 426 g/mol. The van der Waals surface area contributed by atoms with Crippen molar-refractivity contribution in [2.24, 2.45) is 0 Å². The van der Waals surface area contributed by atoms with Crippen LogP contribution in [0.3, 0.4) is 0 Å². The van der Waals surface area contributed by atoms with Crippen LogP contribution in [-0.4, -0.2) is 62.0 Å². The maximum absolute atomic E-state index is 11.1. The predicted molar refractivity (Wildman–Crippen MR) is 130 cm³/mol. The van der Waals surface area contributed by atoms with Crippen LogP contribution in [0.5, 0.6) is 23.0 Å². The van der Waals surface area contributed by atoms with Gasteiger partial charge in [0.1, 0.15) is 5.56 Å². The summed E-state index contributed by atoms with van der Waals surface area (Å²) >= 11 is 0. The van der Waals surface area contributed by atoms with Crippen LogP contribution in [0, 0.1) is 0 Å². The van der Waals surface area contributed by atoms with Gasteiger partial charge in [0.15, 0.2) is 23.0 Å². The van der Waals surface area contributed by atoms with Crippen LogP contribution in [0.1, 0.15) is 42.6 Å². The summed E-state index contributed by atoms with van der Waals surface area (Å²) < 4.78 is 14.4. The summed E-state index contributed by atoms with van der Waals surface area (Å²) in [5.74, 6) is -0.307. The normalized spacial score (nSPS) is 10.4. The molecule has 2 aromatic rings. The van der Waals surface area contributed by atoms with Gasteiger partial charge in [0.05, 0.1) is 32.7 Å². The molecule has 0 atom stereocenters. The van der Waals surface area contributed by atoms with Crippen LogP contribution >= 0.6 is 0 Å². The number of phenolic OH excluding ortho intramolecular Hbond substituents is 2. The second-order valence-corrected chi connectivity index (χ2v) is 7.36. The number of anilines is 2. The van der Waals surface area contributed by atoms with Gasteiger partial charge in [-0.05, 0) is 56.1 Å². The molecule has 0 saturated carbocycles. The number of benzene rings is 2. The Morgan fingerprint density at radius 2 is 1.36 bits per heavy atom. The number of carbonyl (C=O) groups is 1. The molecule has 184 valence electrons. The van der Waals surface area contributed by atoms with Gasteiger partial charge < -0.3 is 40.8 Å². The fourth-order valence-corrected chi connectivity index (χ4v) is 3.37. The van der Waals surface area contributed by atoms with E-state index in [1.807, 2.05) is 6.07 Å². The summed E-state index contributed by atoms with van der Waals surface area (Å²) in [7, 11) is 4.10. The average Bonchev–Trinajstić information content (AvgIpc) is 2.79. The third-order valence-electron chi connectivity index (χ3n) is 5.00. The monoisotopic (exact) mass is 463 g/mol. The summed E-state index contributed by atoms with van der Waals surface area (Å²) in [5, 5.41) is 19.7. The van der Waals surface area contributed by atoms with Gasteiger partial charge in [0, 0.05) is 6.54 Å². The Balaban J connectivity index is 0.000000346. The van der Waals surface area contributed by atoms with E-state index in [4.69, 9.17) is 20.9 Å². The molecule has 6 N–H and O–H groups in total. The van der Waals surface area contributed by atoms with Crippen molar-refractivity contribution in [1.82, 2.24) is 4.90 Å². The topological polar surface area (TPSA) is 140 Å². The molecule has 0 bridgehead atoms. The van der Waals surface area contributed by atoms with Crippen molar-refractivity contribution in [2.45, 2.75) is 33.1 Å². The Kier molecular flexibility index (Phi) is 11.7. The zero-order chi connectivity index (χ0) is 25.0. The van der Waals surface area contributed by atoms with Gasteiger partial charge in [-0.1, -0.05) is 19.9 Å². The molecule has 0 fully saturated rings. The van der Waals surface area contributed by atoms with E-state index in [9.17, 15) is 15.0 Å². The third-order valence-corrected chi connectivity index (χ3v) is 5.00. The Morgan fingerprint density at radius 1 is 0.848 bits per heavy atom. The van der Waals surface area contributed by atoms with Crippen molar-refractivity contribution in [3.05, 3.63) is 35.4 Å². The molecule has 0 aliphatic heterocycles. The van der Waals surface area contributed by atoms with E-state index in [1.54, 1.807) is 6.07 Å². The molecule has 0 aliphatic carbocycles. The minimum Gasteiger partial charge on any atom is -0.504 e. The van der Waals surface area contributed by atoms with E-state index in [0.717, 1.165) is 44.5 Å². The first kappa shape index (κ1) is 27.7. The molecule has 0 aromatic heterocycles. The number of methoxy groups -OCH3 is 3. The van der Waals surface area contributed by atoms with Crippen molar-refractivity contribution >= 4 is 17.3 Å². The maximum atomic E-state index is 11.1. The summed E-state index contributed by atoms with van der Waals surface area (Å²) in [5.41, 5.74) is 12.9. The van der Waals surface area contributed by atoms with Gasteiger partial charge in [-0.25, -0.2) is 4.79 Å². The maximum Gasteiger partial charge on any atom is 0.341 e. The summed E-state index contributed by atoms with van der Waals surface area (Å²) in [6.45, 7) is 7.52. The molecule has 0 radical (unpaired) electrons. The number of phenols is 2. The number of aromatic hydroxyl groups is 2. The quantitative estimate of drug-likeness (QED) is 0.308. The average molecular weight is 464 g/mol. The highest BCUT2D eigenvalue weighted by molar-refractivity contribution is 5.94. The first-order chi connectivity index (χ1) is 15.7. The highest BCUT2D eigenvalue weighted by Gasteiger charge is 2.17. The first-order valence-corrected chi connectivity index (χ1v) is 10.9. The lowest BCUT2D eigenvalue weighted by molar-refractivity contribution is 0.0597. The molecule has 33 heavy (non-hydrogen) atoms.